The molecule has 1 amide bonds. The van der Waals surface area contributed by atoms with Crippen LogP contribution in [0.1, 0.15) is 17.4 Å². The largest absolute Gasteiger partial charge is 0.332 e. The van der Waals surface area contributed by atoms with Crippen molar-refractivity contribution in [1.82, 2.24) is 20.2 Å². The van der Waals surface area contributed by atoms with Gasteiger partial charge >= 0.3 is 0 Å². The Bertz CT molecular complexity index is 349. The summed E-state index contributed by atoms with van der Waals surface area (Å²) in [6, 6.07) is 0.216. The Morgan fingerprint density at radius 1 is 1.47 bits per heavy atom. The van der Waals surface area contributed by atoms with Gasteiger partial charge in [0.1, 0.15) is 5.69 Å². The molecule has 0 unspecified atom stereocenters. The molecular weight excluding hydrogens is 263 g/mol. The molecule has 1 saturated heterocycles. The number of hydrogen-bond donors (Lipinski definition) is 1. The standard InChI is InChI=1S/C10H14N4O.2ClH/c1-8-6-12-4-5-14(8)10(15)9-7-11-2-3-13-9;;/h2-3,7-8,12H,4-6H2,1H3;2*1H/t8-;;/m0../s1. The second kappa shape index (κ2) is 7.42. The summed E-state index contributed by atoms with van der Waals surface area (Å²) >= 11 is 0. The van der Waals surface area contributed by atoms with Gasteiger partial charge in [-0.3, -0.25) is 9.78 Å². The van der Waals surface area contributed by atoms with E-state index in [1.54, 1.807) is 12.4 Å². The Morgan fingerprint density at radius 2 is 2.24 bits per heavy atom. The van der Waals surface area contributed by atoms with Gasteiger partial charge < -0.3 is 10.2 Å². The Balaban J connectivity index is 0.00000128. The van der Waals surface area contributed by atoms with Crippen molar-refractivity contribution in [2.24, 2.45) is 0 Å². The van der Waals surface area contributed by atoms with E-state index in [0.717, 1.165) is 19.6 Å². The number of halogens is 2. The number of rotatable bonds is 1. The molecule has 17 heavy (non-hydrogen) atoms. The fraction of sp³-hybridized carbons (Fsp3) is 0.500. The summed E-state index contributed by atoms with van der Waals surface area (Å²) in [5, 5.41) is 3.24. The molecule has 2 heterocycles. The molecule has 1 atom stereocenters. The van der Waals surface area contributed by atoms with Crippen LogP contribution in [0.15, 0.2) is 18.6 Å². The van der Waals surface area contributed by atoms with Crippen LogP contribution in [-0.2, 0) is 0 Å². The van der Waals surface area contributed by atoms with E-state index in [9.17, 15) is 4.79 Å². The van der Waals surface area contributed by atoms with E-state index in [1.165, 1.54) is 6.20 Å². The highest BCUT2D eigenvalue weighted by Crippen LogP contribution is 2.07. The molecular formula is C10H16Cl2N4O. The number of carbonyl (C=O) groups excluding carboxylic acids is 1. The fourth-order valence-electron chi connectivity index (χ4n) is 1.70. The van der Waals surface area contributed by atoms with Crippen LogP contribution >= 0.6 is 24.8 Å². The smallest absolute Gasteiger partial charge is 0.274 e. The molecule has 1 N–H and O–H groups in total. The third kappa shape index (κ3) is 3.80. The van der Waals surface area contributed by atoms with Crippen LogP contribution < -0.4 is 5.32 Å². The Morgan fingerprint density at radius 3 is 2.82 bits per heavy atom. The molecule has 0 saturated carbocycles. The summed E-state index contributed by atoms with van der Waals surface area (Å²) in [4.78, 5) is 21.8. The summed E-state index contributed by atoms with van der Waals surface area (Å²) in [7, 11) is 0. The lowest BCUT2D eigenvalue weighted by Gasteiger charge is -2.33. The lowest BCUT2D eigenvalue weighted by molar-refractivity contribution is 0.0649. The van der Waals surface area contributed by atoms with E-state index in [2.05, 4.69) is 15.3 Å². The first-order valence-corrected chi connectivity index (χ1v) is 5.07. The fourth-order valence-corrected chi connectivity index (χ4v) is 1.70. The van der Waals surface area contributed by atoms with Crippen LogP contribution in [0, 0.1) is 0 Å². The van der Waals surface area contributed by atoms with E-state index < -0.39 is 0 Å². The maximum Gasteiger partial charge on any atom is 0.274 e. The Labute approximate surface area is 113 Å². The Kier molecular flexibility index (Phi) is 7.03. The van der Waals surface area contributed by atoms with Crippen molar-refractivity contribution in [3.05, 3.63) is 24.3 Å². The van der Waals surface area contributed by atoms with E-state index in [1.807, 2.05) is 11.8 Å². The molecule has 7 heteroatoms. The summed E-state index contributed by atoms with van der Waals surface area (Å²) < 4.78 is 0. The van der Waals surface area contributed by atoms with Crippen molar-refractivity contribution in [3.8, 4) is 0 Å². The first kappa shape index (κ1) is 16.1. The SMILES string of the molecule is C[C@H]1CNCCN1C(=O)c1cnccn1.Cl.Cl. The van der Waals surface area contributed by atoms with Gasteiger partial charge in [0.25, 0.3) is 5.91 Å². The molecule has 0 aliphatic carbocycles. The molecule has 0 bridgehead atoms. The van der Waals surface area contributed by atoms with Gasteiger partial charge in [-0.05, 0) is 6.92 Å². The molecule has 96 valence electrons. The number of carbonyl (C=O) groups is 1. The predicted octanol–water partition coefficient (Wildman–Crippen LogP) is 0.754. The van der Waals surface area contributed by atoms with Gasteiger partial charge in [-0.2, -0.15) is 0 Å². The average Bonchev–Trinajstić information content (AvgIpc) is 2.30. The molecule has 1 fully saturated rings. The predicted molar refractivity (Wildman–Crippen MR) is 69.9 cm³/mol. The van der Waals surface area contributed by atoms with Gasteiger partial charge in [0.15, 0.2) is 0 Å². The van der Waals surface area contributed by atoms with E-state index in [0.29, 0.717) is 5.69 Å². The maximum absolute atomic E-state index is 12.0. The molecule has 2 rings (SSSR count). The minimum atomic E-state index is -0.0305. The Hall–Kier alpha value is -0.910. The van der Waals surface area contributed by atoms with E-state index in [4.69, 9.17) is 0 Å². The maximum atomic E-state index is 12.0. The summed E-state index contributed by atoms with van der Waals surface area (Å²) in [5.74, 6) is -0.0305. The number of aromatic nitrogens is 2. The topological polar surface area (TPSA) is 58.1 Å². The number of nitrogens with one attached hydrogen (secondary N) is 1. The first-order valence-electron chi connectivity index (χ1n) is 5.07. The van der Waals surface area contributed by atoms with Crippen molar-refractivity contribution < 1.29 is 4.79 Å². The summed E-state index contributed by atoms with van der Waals surface area (Å²) in [6.07, 6.45) is 4.62. The van der Waals surface area contributed by atoms with E-state index in [-0.39, 0.29) is 36.8 Å². The molecule has 1 aliphatic heterocycles. The second-order valence-corrected chi connectivity index (χ2v) is 3.64. The molecule has 0 aromatic carbocycles. The van der Waals surface area contributed by atoms with Crippen molar-refractivity contribution in [2.45, 2.75) is 13.0 Å². The van der Waals surface area contributed by atoms with E-state index >= 15 is 0 Å². The number of amides is 1. The van der Waals surface area contributed by atoms with Gasteiger partial charge in [0.2, 0.25) is 0 Å². The quantitative estimate of drug-likeness (QED) is 0.824. The highest BCUT2D eigenvalue weighted by Gasteiger charge is 2.24. The zero-order valence-corrected chi connectivity index (χ0v) is 11.1. The zero-order chi connectivity index (χ0) is 10.7. The van der Waals surface area contributed by atoms with Crippen LogP contribution in [0.4, 0.5) is 0 Å². The minimum absolute atomic E-state index is 0. The van der Waals surface area contributed by atoms with Crippen molar-refractivity contribution >= 4 is 30.7 Å². The van der Waals surface area contributed by atoms with Crippen molar-refractivity contribution in [2.75, 3.05) is 19.6 Å². The number of nitrogens with zero attached hydrogens (tertiary/aromatic N) is 3. The molecule has 1 aromatic rings. The lowest BCUT2D eigenvalue weighted by atomic mass is 10.2. The highest BCUT2D eigenvalue weighted by atomic mass is 35.5. The molecule has 0 radical (unpaired) electrons. The molecule has 1 aromatic heterocycles. The normalized spacial score (nSPS) is 18.9. The highest BCUT2D eigenvalue weighted by molar-refractivity contribution is 5.92. The van der Waals surface area contributed by atoms with Crippen LogP contribution in [0.2, 0.25) is 0 Å². The minimum Gasteiger partial charge on any atom is -0.332 e. The average molecular weight is 279 g/mol. The molecule has 1 aliphatic rings. The van der Waals surface area contributed by atoms with Gasteiger partial charge in [-0.15, -0.1) is 24.8 Å². The van der Waals surface area contributed by atoms with Crippen LogP contribution in [0.5, 0.6) is 0 Å². The number of hydrogen-bond acceptors (Lipinski definition) is 4. The van der Waals surface area contributed by atoms with Gasteiger partial charge in [0.05, 0.1) is 6.20 Å². The third-order valence-electron chi connectivity index (χ3n) is 2.54. The number of piperazine rings is 1. The zero-order valence-electron chi connectivity index (χ0n) is 9.50. The van der Waals surface area contributed by atoms with Crippen molar-refractivity contribution in [3.63, 3.8) is 0 Å². The van der Waals surface area contributed by atoms with Crippen molar-refractivity contribution in [1.29, 1.82) is 0 Å². The first-order chi connectivity index (χ1) is 7.29. The summed E-state index contributed by atoms with van der Waals surface area (Å²) in [5.41, 5.74) is 0.422. The third-order valence-corrected chi connectivity index (χ3v) is 2.54. The van der Waals surface area contributed by atoms with Gasteiger partial charge in [-0.1, -0.05) is 0 Å². The van der Waals surface area contributed by atoms with Crippen LogP contribution in [0.3, 0.4) is 0 Å². The van der Waals surface area contributed by atoms with Crippen LogP contribution in [0.25, 0.3) is 0 Å². The second-order valence-electron chi connectivity index (χ2n) is 3.64. The molecule has 0 spiro atoms. The summed E-state index contributed by atoms with van der Waals surface area (Å²) in [6.45, 7) is 4.44. The lowest BCUT2D eigenvalue weighted by Crippen LogP contribution is -2.52. The van der Waals surface area contributed by atoms with Gasteiger partial charge in [-0.25, -0.2) is 4.98 Å². The van der Waals surface area contributed by atoms with Gasteiger partial charge in [0, 0.05) is 38.1 Å². The monoisotopic (exact) mass is 278 g/mol. The molecule has 5 nitrogen and oxygen atoms in total. The van der Waals surface area contributed by atoms with Crippen LogP contribution in [-0.4, -0.2) is 46.5 Å².